The number of carbonyl (C=O) groups is 1. The van der Waals surface area contributed by atoms with Gasteiger partial charge in [-0.15, -0.1) is 0 Å². The lowest BCUT2D eigenvalue weighted by molar-refractivity contribution is -0.147. The van der Waals surface area contributed by atoms with Crippen molar-refractivity contribution in [1.82, 2.24) is 4.90 Å². The first kappa shape index (κ1) is 19.0. The summed E-state index contributed by atoms with van der Waals surface area (Å²) in [6.07, 6.45) is 6.13. The zero-order valence-corrected chi connectivity index (χ0v) is 17.2. The molecule has 0 amide bonds. The highest BCUT2D eigenvalue weighted by Gasteiger charge is 2.32. The van der Waals surface area contributed by atoms with E-state index >= 15 is 0 Å². The second-order valence-corrected chi connectivity index (χ2v) is 9.15. The van der Waals surface area contributed by atoms with E-state index in [9.17, 15) is 4.79 Å². The van der Waals surface area contributed by atoms with Crippen molar-refractivity contribution in [1.29, 1.82) is 0 Å². The van der Waals surface area contributed by atoms with E-state index in [2.05, 4.69) is 35.2 Å². The topological polar surface area (TPSA) is 49.8 Å². The predicted octanol–water partition coefficient (Wildman–Crippen LogP) is 5.19. The number of halogens is 1. The Morgan fingerprint density at radius 1 is 1.14 bits per heavy atom. The number of carboxylic acids is 1. The standard InChI is InChI=1S/C24H26ClNO3/c25-21-9-15(12-26-13-19(14-26)24(27)28)5-7-20(21)23-11-18-10-17(6-8-22(18)29-23)16-3-1-2-4-16/h5-10,16,19,23H,1-4,11-14H2,(H,27,28). The Kier molecular flexibility index (Phi) is 5.00. The minimum absolute atomic E-state index is 0.0363. The summed E-state index contributed by atoms with van der Waals surface area (Å²) < 4.78 is 6.23. The summed E-state index contributed by atoms with van der Waals surface area (Å²) in [5, 5.41) is 9.74. The Hall–Kier alpha value is -2.04. The molecule has 3 aliphatic rings. The van der Waals surface area contributed by atoms with Crippen molar-refractivity contribution in [2.45, 2.75) is 50.7 Å². The first-order chi connectivity index (χ1) is 14.1. The monoisotopic (exact) mass is 411 g/mol. The molecule has 0 bridgehead atoms. The molecule has 2 heterocycles. The predicted molar refractivity (Wildman–Crippen MR) is 113 cm³/mol. The Morgan fingerprint density at radius 3 is 2.66 bits per heavy atom. The van der Waals surface area contributed by atoms with Crippen LogP contribution in [-0.2, 0) is 17.8 Å². The van der Waals surface area contributed by atoms with Crippen LogP contribution >= 0.6 is 11.6 Å². The molecule has 1 unspecified atom stereocenters. The second kappa shape index (κ2) is 7.66. The van der Waals surface area contributed by atoms with E-state index in [0.29, 0.717) is 19.0 Å². The summed E-state index contributed by atoms with van der Waals surface area (Å²) in [5.74, 6) is 0.759. The molecular formula is C24H26ClNO3. The van der Waals surface area contributed by atoms with Gasteiger partial charge < -0.3 is 9.84 Å². The van der Waals surface area contributed by atoms with Gasteiger partial charge in [0.2, 0.25) is 0 Å². The second-order valence-electron chi connectivity index (χ2n) is 8.74. The SMILES string of the molecule is O=C(O)C1CN(Cc2ccc(C3Cc4cc(C5CCCC5)ccc4O3)c(Cl)c2)C1. The molecule has 2 aromatic carbocycles. The maximum absolute atomic E-state index is 11.0. The maximum Gasteiger partial charge on any atom is 0.309 e. The minimum Gasteiger partial charge on any atom is -0.485 e. The van der Waals surface area contributed by atoms with E-state index in [-0.39, 0.29) is 12.0 Å². The molecule has 0 aromatic heterocycles. The van der Waals surface area contributed by atoms with E-state index in [4.69, 9.17) is 21.4 Å². The van der Waals surface area contributed by atoms with Gasteiger partial charge in [0.15, 0.2) is 0 Å². The molecule has 1 saturated carbocycles. The lowest BCUT2D eigenvalue weighted by atomic mass is 9.94. The van der Waals surface area contributed by atoms with Gasteiger partial charge in [-0.2, -0.15) is 0 Å². The number of fused-ring (bicyclic) bond motifs is 1. The maximum atomic E-state index is 11.0. The van der Waals surface area contributed by atoms with Crippen molar-refractivity contribution in [3.05, 3.63) is 63.7 Å². The summed E-state index contributed by atoms with van der Waals surface area (Å²) in [6.45, 7) is 1.96. The Labute approximate surface area is 176 Å². The number of carboxylic acid groups (broad SMARTS) is 1. The quantitative estimate of drug-likeness (QED) is 0.735. The molecule has 0 spiro atoms. The van der Waals surface area contributed by atoms with Gasteiger partial charge >= 0.3 is 5.97 Å². The van der Waals surface area contributed by atoms with Crippen LogP contribution < -0.4 is 4.74 Å². The molecular weight excluding hydrogens is 386 g/mol. The first-order valence-electron chi connectivity index (χ1n) is 10.6. The summed E-state index contributed by atoms with van der Waals surface area (Å²) in [6, 6.07) is 12.9. The molecule has 4 nitrogen and oxygen atoms in total. The molecule has 1 atom stereocenters. The Morgan fingerprint density at radius 2 is 1.93 bits per heavy atom. The number of hydrogen-bond donors (Lipinski definition) is 1. The third kappa shape index (κ3) is 3.76. The van der Waals surface area contributed by atoms with Crippen molar-refractivity contribution in [2.75, 3.05) is 13.1 Å². The zero-order valence-electron chi connectivity index (χ0n) is 16.4. The third-order valence-electron chi connectivity index (χ3n) is 6.71. The highest BCUT2D eigenvalue weighted by molar-refractivity contribution is 6.31. The fourth-order valence-electron chi connectivity index (χ4n) is 5.00. The van der Waals surface area contributed by atoms with Gasteiger partial charge in [-0.05, 0) is 47.6 Å². The number of aliphatic carboxylic acids is 1. The normalized spacial score (nSPS) is 22.3. The van der Waals surface area contributed by atoms with Crippen LogP contribution in [0.15, 0.2) is 36.4 Å². The smallest absolute Gasteiger partial charge is 0.309 e. The van der Waals surface area contributed by atoms with Crippen molar-refractivity contribution < 1.29 is 14.6 Å². The Bertz CT molecular complexity index is 932. The lowest BCUT2D eigenvalue weighted by Crippen LogP contribution is -2.49. The fourth-order valence-corrected chi connectivity index (χ4v) is 5.32. The van der Waals surface area contributed by atoms with E-state index in [0.717, 1.165) is 34.9 Å². The van der Waals surface area contributed by atoms with Gasteiger partial charge in [-0.3, -0.25) is 9.69 Å². The molecule has 2 aliphatic heterocycles. The highest BCUT2D eigenvalue weighted by Crippen LogP contribution is 2.42. The average Bonchev–Trinajstić information content (AvgIpc) is 3.32. The molecule has 29 heavy (non-hydrogen) atoms. The van der Waals surface area contributed by atoms with Crippen LogP contribution in [0.2, 0.25) is 5.02 Å². The van der Waals surface area contributed by atoms with Gasteiger partial charge in [0, 0.05) is 36.6 Å². The molecule has 5 rings (SSSR count). The minimum atomic E-state index is -0.705. The number of rotatable bonds is 5. The van der Waals surface area contributed by atoms with Crippen LogP contribution in [0.4, 0.5) is 0 Å². The van der Waals surface area contributed by atoms with Crippen molar-refractivity contribution in [2.24, 2.45) is 5.92 Å². The fraction of sp³-hybridized carbons (Fsp3) is 0.458. The number of ether oxygens (including phenoxy) is 1. The molecule has 0 radical (unpaired) electrons. The molecule has 1 saturated heterocycles. The lowest BCUT2D eigenvalue weighted by Gasteiger charge is -2.36. The summed E-state index contributed by atoms with van der Waals surface area (Å²) >= 11 is 6.62. The van der Waals surface area contributed by atoms with Crippen LogP contribution in [0.25, 0.3) is 0 Å². The number of hydrogen-bond acceptors (Lipinski definition) is 3. The average molecular weight is 412 g/mol. The summed E-state index contributed by atoms with van der Waals surface area (Å²) in [4.78, 5) is 13.1. The van der Waals surface area contributed by atoms with Crippen molar-refractivity contribution in [3.8, 4) is 5.75 Å². The summed E-state index contributed by atoms with van der Waals surface area (Å²) in [5.41, 5.74) is 4.89. The van der Waals surface area contributed by atoms with Gasteiger partial charge in [0.05, 0.1) is 5.92 Å². The number of nitrogens with zero attached hydrogens (tertiary/aromatic N) is 1. The van der Waals surface area contributed by atoms with Crippen LogP contribution in [0.1, 0.15) is 60.0 Å². The van der Waals surface area contributed by atoms with Crippen molar-refractivity contribution in [3.63, 3.8) is 0 Å². The van der Waals surface area contributed by atoms with E-state index in [1.807, 2.05) is 6.07 Å². The number of benzene rings is 2. The third-order valence-corrected chi connectivity index (χ3v) is 7.04. The van der Waals surface area contributed by atoms with Crippen molar-refractivity contribution >= 4 is 17.6 Å². The van der Waals surface area contributed by atoms with Crippen LogP contribution in [0.3, 0.4) is 0 Å². The zero-order chi connectivity index (χ0) is 20.0. The van der Waals surface area contributed by atoms with Crippen LogP contribution in [-0.4, -0.2) is 29.1 Å². The Balaban J connectivity index is 1.26. The van der Waals surface area contributed by atoms with Gasteiger partial charge in [-0.25, -0.2) is 0 Å². The molecule has 152 valence electrons. The van der Waals surface area contributed by atoms with Crippen LogP contribution in [0.5, 0.6) is 5.75 Å². The molecule has 5 heteroatoms. The first-order valence-corrected chi connectivity index (χ1v) is 11.0. The van der Waals surface area contributed by atoms with E-state index < -0.39 is 5.97 Å². The molecule has 2 aromatic rings. The molecule has 2 fully saturated rings. The van der Waals surface area contributed by atoms with Gasteiger partial charge in [-0.1, -0.05) is 48.7 Å². The van der Waals surface area contributed by atoms with Crippen LogP contribution in [0, 0.1) is 5.92 Å². The van der Waals surface area contributed by atoms with Gasteiger partial charge in [0.1, 0.15) is 11.9 Å². The largest absolute Gasteiger partial charge is 0.485 e. The molecule has 1 N–H and O–H groups in total. The highest BCUT2D eigenvalue weighted by atomic mass is 35.5. The van der Waals surface area contributed by atoms with Gasteiger partial charge in [0.25, 0.3) is 0 Å². The van der Waals surface area contributed by atoms with E-state index in [1.165, 1.54) is 36.8 Å². The number of likely N-dealkylation sites (tertiary alicyclic amines) is 1. The molecule has 1 aliphatic carbocycles. The summed E-state index contributed by atoms with van der Waals surface area (Å²) in [7, 11) is 0. The van der Waals surface area contributed by atoms with E-state index in [1.54, 1.807) is 0 Å².